The first-order chi connectivity index (χ1) is 8.51. The lowest BCUT2D eigenvalue weighted by molar-refractivity contribution is -0.117. The Morgan fingerprint density at radius 2 is 2.22 bits per heavy atom. The van der Waals surface area contributed by atoms with Gasteiger partial charge in [0.15, 0.2) is 0 Å². The van der Waals surface area contributed by atoms with Gasteiger partial charge in [-0.05, 0) is 36.6 Å². The number of hydrogen-bond acceptors (Lipinski definition) is 2. The van der Waals surface area contributed by atoms with E-state index in [0.717, 1.165) is 5.56 Å². The molecule has 5 heteroatoms. The van der Waals surface area contributed by atoms with Crippen LogP contribution in [0.4, 0.5) is 5.69 Å². The van der Waals surface area contributed by atoms with Gasteiger partial charge in [0.1, 0.15) is 0 Å². The average molecular weight is 268 g/mol. The van der Waals surface area contributed by atoms with Gasteiger partial charge >= 0.3 is 5.97 Å². The molecule has 1 saturated heterocycles. The van der Waals surface area contributed by atoms with E-state index in [9.17, 15) is 9.59 Å². The molecule has 2 rings (SSSR count). The maximum absolute atomic E-state index is 11.9. The zero-order chi connectivity index (χ0) is 13.3. The summed E-state index contributed by atoms with van der Waals surface area (Å²) in [5.74, 6) is -0.393. The Balaban J connectivity index is 2.34. The number of carbonyl (C=O) groups excluding carboxylic acids is 1. The van der Waals surface area contributed by atoms with E-state index in [4.69, 9.17) is 16.7 Å². The number of alkyl halides is 1. The predicted molar refractivity (Wildman–Crippen MR) is 69.3 cm³/mol. The molecule has 18 heavy (non-hydrogen) atoms. The van der Waals surface area contributed by atoms with Crippen molar-refractivity contribution in [3.63, 3.8) is 0 Å². The molecule has 1 aliphatic heterocycles. The van der Waals surface area contributed by atoms with E-state index in [1.54, 1.807) is 11.0 Å². The molecule has 1 aromatic carbocycles. The normalized spacial score (nSPS) is 19.3. The molecule has 96 valence electrons. The second kappa shape index (κ2) is 4.98. The van der Waals surface area contributed by atoms with Crippen molar-refractivity contribution in [2.45, 2.75) is 13.3 Å². The standard InChI is InChI=1S/C13H14ClNO3/c1-8-2-10(13(17)18)5-11(3-8)15-7-9(6-14)4-12(15)16/h2-3,5,9H,4,6-7H2,1H3,(H,17,18). The fraction of sp³-hybridized carbons (Fsp3) is 0.385. The summed E-state index contributed by atoms with van der Waals surface area (Å²) in [5, 5.41) is 9.02. The summed E-state index contributed by atoms with van der Waals surface area (Å²) in [5.41, 5.74) is 1.67. The Morgan fingerprint density at radius 1 is 1.50 bits per heavy atom. The third-order valence-corrected chi connectivity index (χ3v) is 3.48. The number of rotatable bonds is 3. The van der Waals surface area contributed by atoms with Gasteiger partial charge in [-0.1, -0.05) is 0 Å². The first-order valence-electron chi connectivity index (χ1n) is 5.72. The van der Waals surface area contributed by atoms with Gasteiger partial charge in [-0.25, -0.2) is 4.79 Å². The first-order valence-corrected chi connectivity index (χ1v) is 6.26. The second-order valence-electron chi connectivity index (χ2n) is 4.59. The summed E-state index contributed by atoms with van der Waals surface area (Å²) in [7, 11) is 0. The lowest BCUT2D eigenvalue weighted by atomic mass is 10.1. The van der Waals surface area contributed by atoms with Crippen LogP contribution in [0.5, 0.6) is 0 Å². The Morgan fingerprint density at radius 3 is 2.78 bits per heavy atom. The molecule has 1 atom stereocenters. The topological polar surface area (TPSA) is 57.6 Å². The van der Waals surface area contributed by atoms with Crippen LogP contribution in [-0.4, -0.2) is 29.4 Å². The van der Waals surface area contributed by atoms with Crippen LogP contribution in [0, 0.1) is 12.8 Å². The van der Waals surface area contributed by atoms with Crippen molar-refractivity contribution in [2.24, 2.45) is 5.92 Å². The molecule has 0 saturated carbocycles. The van der Waals surface area contributed by atoms with E-state index in [1.165, 1.54) is 6.07 Å². The minimum Gasteiger partial charge on any atom is -0.478 e. The molecule has 1 amide bonds. The highest BCUT2D eigenvalue weighted by Gasteiger charge is 2.30. The van der Waals surface area contributed by atoms with Gasteiger partial charge in [-0.15, -0.1) is 11.6 Å². The molecule has 0 aliphatic carbocycles. The van der Waals surface area contributed by atoms with Gasteiger partial charge in [-0.3, -0.25) is 4.79 Å². The summed E-state index contributed by atoms with van der Waals surface area (Å²) in [6.07, 6.45) is 0.430. The van der Waals surface area contributed by atoms with Crippen LogP contribution in [-0.2, 0) is 4.79 Å². The Hall–Kier alpha value is -1.55. The van der Waals surface area contributed by atoms with Crippen molar-refractivity contribution in [3.05, 3.63) is 29.3 Å². The van der Waals surface area contributed by atoms with Gasteiger partial charge in [0.2, 0.25) is 5.91 Å². The number of aromatic carboxylic acids is 1. The summed E-state index contributed by atoms with van der Waals surface area (Å²) in [6.45, 7) is 2.38. The maximum atomic E-state index is 11.9. The van der Waals surface area contributed by atoms with Crippen LogP contribution in [0.2, 0.25) is 0 Å². The summed E-state index contributed by atoms with van der Waals surface area (Å²) in [6, 6.07) is 4.94. The minimum absolute atomic E-state index is 0.00240. The minimum atomic E-state index is -0.986. The third kappa shape index (κ3) is 2.48. The highest BCUT2D eigenvalue weighted by atomic mass is 35.5. The SMILES string of the molecule is Cc1cc(C(=O)O)cc(N2CC(CCl)CC2=O)c1. The number of benzene rings is 1. The van der Waals surface area contributed by atoms with Crippen molar-refractivity contribution >= 4 is 29.2 Å². The molecule has 1 aliphatic rings. The molecule has 0 radical (unpaired) electrons. The smallest absolute Gasteiger partial charge is 0.335 e. The first kappa shape index (κ1) is 12.9. The number of carboxylic acid groups (broad SMARTS) is 1. The Labute approximate surface area is 110 Å². The largest absolute Gasteiger partial charge is 0.478 e. The van der Waals surface area contributed by atoms with Crippen molar-refractivity contribution in [1.82, 2.24) is 0 Å². The summed E-state index contributed by atoms with van der Waals surface area (Å²) >= 11 is 5.77. The summed E-state index contributed by atoms with van der Waals surface area (Å²) < 4.78 is 0. The van der Waals surface area contributed by atoms with E-state index in [0.29, 0.717) is 24.5 Å². The predicted octanol–water partition coefficient (Wildman–Crippen LogP) is 2.28. The van der Waals surface area contributed by atoms with Gasteiger partial charge in [-0.2, -0.15) is 0 Å². The molecular weight excluding hydrogens is 254 g/mol. The van der Waals surface area contributed by atoms with Gasteiger partial charge in [0, 0.05) is 24.5 Å². The van der Waals surface area contributed by atoms with Crippen LogP contribution < -0.4 is 4.90 Å². The zero-order valence-corrected chi connectivity index (χ0v) is 10.8. The average Bonchev–Trinajstić information content (AvgIpc) is 2.69. The van der Waals surface area contributed by atoms with Crippen LogP contribution >= 0.6 is 11.6 Å². The van der Waals surface area contributed by atoms with Crippen LogP contribution in [0.3, 0.4) is 0 Å². The number of carboxylic acids is 1. The molecule has 0 bridgehead atoms. The molecular formula is C13H14ClNO3. The zero-order valence-electron chi connectivity index (χ0n) is 10.0. The van der Waals surface area contributed by atoms with E-state index in [1.807, 2.05) is 13.0 Å². The highest BCUT2D eigenvalue weighted by Crippen LogP contribution is 2.27. The van der Waals surface area contributed by atoms with Crippen molar-refractivity contribution < 1.29 is 14.7 Å². The quantitative estimate of drug-likeness (QED) is 0.855. The van der Waals surface area contributed by atoms with Crippen LogP contribution in [0.25, 0.3) is 0 Å². The number of hydrogen-bond donors (Lipinski definition) is 1. The number of nitrogens with zero attached hydrogens (tertiary/aromatic N) is 1. The molecule has 1 fully saturated rings. The van der Waals surface area contributed by atoms with Gasteiger partial charge < -0.3 is 10.0 Å². The van der Waals surface area contributed by atoms with E-state index in [2.05, 4.69) is 0 Å². The van der Waals surface area contributed by atoms with Crippen LogP contribution in [0.1, 0.15) is 22.3 Å². The third-order valence-electron chi connectivity index (χ3n) is 3.04. The van der Waals surface area contributed by atoms with E-state index >= 15 is 0 Å². The second-order valence-corrected chi connectivity index (χ2v) is 4.90. The van der Waals surface area contributed by atoms with Gasteiger partial charge in [0.05, 0.1) is 5.56 Å². The maximum Gasteiger partial charge on any atom is 0.335 e. The fourth-order valence-electron chi connectivity index (χ4n) is 2.18. The Bertz CT molecular complexity index is 501. The lowest BCUT2D eigenvalue weighted by Gasteiger charge is -2.17. The fourth-order valence-corrected chi connectivity index (χ4v) is 2.38. The van der Waals surface area contributed by atoms with Gasteiger partial charge in [0.25, 0.3) is 0 Å². The molecule has 1 unspecified atom stereocenters. The van der Waals surface area contributed by atoms with E-state index < -0.39 is 5.97 Å². The molecule has 1 aromatic rings. The molecule has 1 heterocycles. The molecule has 0 aromatic heterocycles. The lowest BCUT2D eigenvalue weighted by Crippen LogP contribution is -2.25. The molecule has 4 nitrogen and oxygen atoms in total. The number of amides is 1. The van der Waals surface area contributed by atoms with Crippen molar-refractivity contribution in [2.75, 3.05) is 17.3 Å². The number of carbonyl (C=O) groups is 2. The molecule has 1 N–H and O–H groups in total. The van der Waals surface area contributed by atoms with Crippen LogP contribution in [0.15, 0.2) is 18.2 Å². The highest BCUT2D eigenvalue weighted by molar-refractivity contribution is 6.18. The van der Waals surface area contributed by atoms with E-state index in [-0.39, 0.29) is 17.4 Å². The number of aryl methyl sites for hydroxylation is 1. The number of anilines is 1. The number of halogens is 1. The molecule has 0 spiro atoms. The Kier molecular flexibility index (Phi) is 3.57. The van der Waals surface area contributed by atoms with Crippen molar-refractivity contribution in [1.29, 1.82) is 0 Å². The summed E-state index contributed by atoms with van der Waals surface area (Å²) in [4.78, 5) is 24.5. The monoisotopic (exact) mass is 267 g/mol. The van der Waals surface area contributed by atoms with Crippen molar-refractivity contribution in [3.8, 4) is 0 Å².